The van der Waals surface area contributed by atoms with Crippen LogP contribution in [0.4, 0.5) is 0 Å². The second kappa shape index (κ2) is 4.39. The molecule has 4 rings (SSSR count). The van der Waals surface area contributed by atoms with Gasteiger partial charge in [0.25, 0.3) is 0 Å². The van der Waals surface area contributed by atoms with Gasteiger partial charge in [-0.25, -0.2) is 4.98 Å². The Kier molecular flexibility index (Phi) is 2.42. The molecule has 21 heavy (non-hydrogen) atoms. The van der Waals surface area contributed by atoms with E-state index in [0.717, 1.165) is 33.2 Å². The second-order valence-electron chi connectivity index (χ2n) is 4.75. The average Bonchev–Trinajstić information content (AvgIpc) is 2.99. The number of hydrogen-bond acceptors (Lipinski definition) is 4. The molecule has 5 heteroatoms. The zero-order valence-electron chi connectivity index (χ0n) is 10.9. The van der Waals surface area contributed by atoms with E-state index in [0.29, 0.717) is 5.56 Å². The van der Waals surface area contributed by atoms with E-state index in [4.69, 9.17) is 5.26 Å². The minimum Gasteiger partial charge on any atom is -0.278 e. The van der Waals surface area contributed by atoms with Gasteiger partial charge in [0.2, 0.25) is 0 Å². The third-order valence-corrected chi connectivity index (χ3v) is 3.39. The van der Waals surface area contributed by atoms with Crippen LogP contribution < -0.4 is 0 Å². The predicted molar refractivity (Wildman–Crippen MR) is 79.3 cm³/mol. The fraction of sp³-hybridized carbons (Fsp3) is 0. The van der Waals surface area contributed by atoms with Crippen molar-refractivity contribution in [1.82, 2.24) is 20.2 Å². The number of nitrogens with zero attached hydrogens (tertiary/aromatic N) is 4. The minimum atomic E-state index is 0.610. The van der Waals surface area contributed by atoms with Crippen molar-refractivity contribution in [3.05, 3.63) is 54.4 Å². The highest BCUT2D eigenvalue weighted by Crippen LogP contribution is 2.22. The molecule has 0 spiro atoms. The molecule has 0 unspecified atom stereocenters. The van der Waals surface area contributed by atoms with Gasteiger partial charge in [-0.05, 0) is 24.3 Å². The molecule has 2 heterocycles. The van der Waals surface area contributed by atoms with E-state index in [2.05, 4.69) is 26.2 Å². The van der Waals surface area contributed by atoms with Crippen LogP contribution in [-0.2, 0) is 0 Å². The van der Waals surface area contributed by atoms with Crippen molar-refractivity contribution in [2.24, 2.45) is 0 Å². The monoisotopic (exact) mass is 271 g/mol. The van der Waals surface area contributed by atoms with E-state index < -0.39 is 0 Å². The summed E-state index contributed by atoms with van der Waals surface area (Å²) in [6.07, 6.45) is 3.49. The highest BCUT2D eigenvalue weighted by Gasteiger charge is 2.06. The van der Waals surface area contributed by atoms with Crippen LogP contribution in [0.25, 0.3) is 33.2 Å². The molecule has 0 saturated heterocycles. The van der Waals surface area contributed by atoms with Gasteiger partial charge in [0.15, 0.2) is 0 Å². The molecule has 0 saturated carbocycles. The normalized spacial score (nSPS) is 10.8. The largest absolute Gasteiger partial charge is 0.278 e. The first-order valence-electron chi connectivity index (χ1n) is 6.44. The number of aromatic nitrogens is 4. The number of rotatable bonds is 1. The lowest BCUT2D eigenvalue weighted by Gasteiger charge is -2.03. The molecule has 0 atom stereocenters. The van der Waals surface area contributed by atoms with E-state index >= 15 is 0 Å². The average molecular weight is 271 g/mol. The van der Waals surface area contributed by atoms with E-state index in [9.17, 15) is 0 Å². The van der Waals surface area contributed by atoms with Crippen LogP contribution in [0, 0.1) is 11.3 Å². The quantitative estimate of drug-likeness (QED) is 0.577. The summed E-state index contributed by atoms with van der Waals surface area (Å²) in [6.45, 7) is 0. The Balaban J connectivity index is 1.93. The second-order valence-corrected chi connectivity index (χ2v) is 4.75. The number of benzene rings is 2. The number of aromatic amines is 1. The first kappa shape index (κ1) is 11.6. The molecule has 0 aliphatic carbocycles. The molecule has 4 aromatic rings. The molecule has 2 aromatic carbocycles. The smallest absolute Gasteiger partial charge is 0.0991 e. The van der Waals surface area contributed by atoms with Gasteiger partial charge in [0, 0.05) is 10.9 Å². The Morgan fingerprint density at radius 3 is 2.90 bits per heavy atom. The van der Waals surface area contributed by atoms with Crippen LogP contribution in [0.1, 0.15) is 5.56 Å². The Hall–Kier alpha value is -3.26. The molecule has 2 aromatic heterocycles. The maximum absolute atomic E-state index is 8.98. The first-order valence-corrected chi connectivity index (χ1v) is 6.44. The van der Waals surface area contributed by atoms with Gasteiger partial charge in [-0.1, -0.05) is 12.1 Å². The van der Waals surface area contributed by atoms with Crippen molar-refractivity contribution in [3.8, 4) is 17.3 Å². The molecular weight excluding hydrogens is 262 g/mol. The van der Waals surface area contributed by atoms with E-state index in [1.807, 2.05) is 30.3 Å². The molecule has 0 aliphatic heterocycles. The van der Waals surface area contributed by atoms with E-state index in [1.165, 1.54) is 0 Å². The summed E-state index contributed by atoms with van der Waals surface area (Å²) in [6, 6.07) is 13.4. The molecule has 0 fully saturated rings. The van der Waals surface area contributed by atoms with Gasteiger partial charge in [-0.15, -0.1) is 0 Å². The number of hydrogen-bond donors (Lipinski definition) is 1. The zero-order chi connectivity index (χ0) is 14.2. The highest BCUT2D eigenvalue weighted by molar-refractivity contribution is 5.92. The van der Waals surface area contributed by atoms with Gasteiger partial charge in [-0.3, -0.25) is 10.1 Å². The zero-order valence-corrected chi connectivity index (χ0v) is 10.9. The van der Waals surface area contributed by atoms with Gasteiger partial charge >= 0.3 is 0 Å². The number of fused-ring (bicyclic) bond motifs is 2. The summed E-state index contributed by atoms with van der Waals surface area (Å²) in [5, 5.41) is 16.9. The maximum Gasteiger partial charge on any atom is 0.0991 e. The fourth-order valence-corrected chi connectivity index (χ4v) is 2.34. The number of nitrogens with one attached hydrogen (secondary N) is 1. The Morgan fingerprint density at radius 1 is 1.05 bits per heavy atom. The standard InChI is InChI=1S/C16H9N5/c17-7-10-2-1-3-11(4-10)16-9-18-14-5-12-8-19-21-13(12)6-15(14)20-16/h1-6,8-9H,(H,19,21). The summed E-state index contributed by atoms with van der Waals surface area (Å²) in [5.74, 6) is 0. The van der Waals surface area contributed by atoms with Crippen LogP contribution in [0.2, 0.25) is 0 Å². The molecule has 0 radical (unpaired) electrons. The molecule has 0 aliphatic rings. The number of nitriles is 1. The third-order valence-electron chi connectivity index (χ3n) is 3.39. The predicted octanol–water partition coefficient (Wildman–Crippen LogP) is 3.04. The molecule has 98 valence electrons. The van der Waals surface area contributed by atoms with Crippen molar-refractivity contribution >= 4 is 21.9 Å². The van der Waals surface area contributed by atoms with Gasteiger partial charge in [0.1, 0.15) is 0 Å². The van der Waals surface area contributed by atoms with Gasteiger partial charge in [0.05, 0.1) is 46.3 Å². The van der Waals surface area contributed by atoms with E-state index in [-0.39, 0.29) is 0 Å². The lowest BCUT2D eigenvalue weighted by atomic mass is 10.1. The summed E-state index contributed by atoms with van der Waals surface area (Å²) in [7, 11) is 0. The van der Waals surface area contributed by atoms with Crippen LogP contribution in [-0.4, -0.2) is 20.2 Å². The summed E-state index contributed by atoms with van der Waals surface area (Å²) in [4.78, 5) is 9.09. The van der Waals surface area contributed by atoms with Gasteiger partial charge in [-0.2, -0.15) is 10.4 Å². The molecular formula is C16H9N5. The Labute approximate surface area is 119 Å². The van der Waals surface area contributed by atoms with Crippen molar-refractivity contribution in [2.45, 2.75) is 0 Å². The SMILES string of the molecule is N#Cc1cccc(-c2cnc3cc4cn[nH]c4cc3n2)c1. The van der Waals surface area contributed by atoms with E-state index in [1.54, 1.807) is 18.5 Å². The summed E-state index contributed by atoms with van der Waals surface area (Å²) >= 11 is 0. The number of H-pyrrole nitrogens is 1. The molecule has 1 N–H and O–H groups in total. The van der Waals surface area contributed by atoms with Crippen LogP contribution in [0.15, 0.2) is 48.8 Å². The van der Waals surface area contributed by atoms with Crippen molar-refractivity contribution < 1.29 is 0 Å². The van der Waals surface area contributed by atoms with Crippen molar-refractivity contribution in [1.29, 1.82) is 5.26 Å². The third kappa shape index (κ3) is 1.90. The van der Waals surface area contributed by atoms with Gasteiger partial charge < -0.3 is 0 Å². The Morgan fingerprint density at radius 2 is 2.00 bits per heavy atom. The first-order chi connectivity index (χ1) is 10.3. The van der Waals surface area contributed by atoms with Crippen molar-refractivity contribution in [3.63, 3.8) is 0 Å². The molecule has 5 nitrogen and oxygen atoms in total. The maximum atomic E-state index is 8.98. The summed E-state index contributed by atoms with van der Waals surface area (Å²) in [5.41, 5.74) is 4.79. The summed E-state index contributed by atoms with van der Waals surface area (Å²) < 4.78 is 0. The van der Waals surface area contributed by atoms with Crippen molar-refractivity contribution in [2.75, 3.05) is 0 Å². The van der Waals surface area contributed by atoms with Crippen LogP contribution >= 0.6 is 0 Å². The Bertz CT molecular complexity index is 1010. The topological polar surface area (TPSA) is 78.2 Å². The lowest BCUT2D eigenvalue weighted by Crippen LogP contribution is -1.89. The highest BCUT2D eigenvalue weighted by atomic mass is 15.1. The van der Waals surface area contributed by atoms with Crippen LogP contribution in [0.3, 0.4) is 0 Å². The molecule has 0 bridgehead atoms. The minimum absolute atomic E-state index is 0.610. The van der Waals surface area contributed by atoms with Crippen LogP contribution in [0.5, 0.6) is 0 Å². The molecule has 0 amide bonds. The lowest BCUT2D eigenvalue weighted by molar-refractivity contribution is 1.12. The fourth-order valence-electron chi connectivity index (χ4n) is 2.34.